The smallest absolute Gasteiger partial charge is 0.261 e. The predicted molar refractivity (Wildman–Crippen MR) is 190 cm³/mol. The van der Waals surface area contributed by atoms with E-state index in [1.54, 1.807) is 36.1 Å². The second-order valence-corrected chi connectivity index (χ2v) is 14.9. The van der Waals surface area contributed by atoms with E-state index in [-0.39, 0.29) is 53.6 Å². The van der Waals surface area contributed by atoms with Crippen LogP contribution in [0.5, 0.6) is 23.0 Å². The lowest BCUT2D eigenvalue weighted by atomic mass is 10.0. The lowest BCUT2D eigenvalue weighted by Crippen LogP contribution is -2.47. The van der Waals surface area contributed by atoms with Crippen molar-refractivity contribution < 1.29 is 42.0 Å². The van der Waals surface area contributed by atoms with Crippen LogP contribution in [0.1, 0.15) is 56.0 Å². The number of ether oxygens (including phenoxy) is 5. The van der Waals surface area contributed by atoms with Crippen molar-refractivity contribution in [3.05, 3.63) is 71.8 Å². The molecule has 0 spiro atoms. The Morgan fingerprint density at radius 3 is 2.50 bits per heavy atom. The summed E-state index contributed by atoms with van der Waals surface area (Å²) in [6.07, 6.45) is 2.03. The third-order valence-electron chi connectivity index (χ3n) is 9.05. The minimum atomic E-state index is -3.98. The second-order valence-electron chi connectivity index (χ2n) is 13.2. The van der Waals surface area contributed by atoms with E-state index in [0.29, 0.717) is 37.7 Å². The molecule has 5 rings (SSSR count). The van der Waals surface area contributed by atoms with Crippen molar-refractivity contribution in [2.24, 2.45) is 5.92 Å². The molecular weight excluding hydrogens is 662 g/mol. The Morgan fingerprint density at radius 2 is 1.76 bits per heavy atom. The lowest BCUT2D eigenvalue weighted by Gasteiger charge is -2.36. The number of benzene rings is 3. The van der Waals surface area contributed by atoms with Gasteiger partial charge in [0, 0.05) is 37.8 Å². The number of anilines is 1. The fourth-order valence-electron chi connectivity index (χ4n) is 6.14. The van der Waals surface area contributed by atoms with Crippen molar-refractivity contribution in [2.45, 2.75) is 69.7 Å². The predicted octanol–water partition coefficient (Wildman–Crippen LogP) is 5.15. The molecule has 13 heteroatoms. The number of sulfonamides is 1. The Bertz CT molecular complexity index is 1700. The van der Waals surface area contributed by atoms with Crippen LogP contribution >= 0.6 is 0 Å². The van der Waals surface area contributed by atoms with Crippen LogP contribution in [0.25, 0.3) is 0 Å². The second kappa shape index (κ2) is 16.8. The number of fused-ring (bicyclic) bond motifs is 2. The minimum absolute atomic E-state index is 0.0495. The van der Waals surface area contributed by atoms with Gasteiger partial charge in [0.15, 0.2) is 11.5 Å². The number of nitrogens with zero attached hydrogens (tertiary/aromatic N) is 2. The highest BCUT2D eigenvalue weighted by Gasteiger charge is 2.31. The highest BCUT2D eigenvalue weighted by atomic mass is 32.2. The number of hydrogen-bond acceptors (Lipinski definition) is 10. The molecule has 4 atom stereocenters. The molecule has 0 aliphatic carbocycles. The third-order valence-corrected chi connectivity index (χ3v) is 10.5. The van der Waals surface area contributed by atoms with Crippen molar-refractivity contribution in [1.29, 1.82) is 0 Å². The Hall–Kier alpha value is -4.04. The molecule has 2 aliphatic rings. The van der Waals surface area contributed by atoms with Crippen LogP contribution in [-0.2, 0) is 21.3 Å². The first-order valence-corrected chi connectivity index (χ1v) is 18.5. The van der Waals surface area contributed by atoms with Gasteiger partial charge in [0.05, 0.1) is 42.4 Å². The van der Waals surface area contributed by atoms with Crippen LogP contribution in [0.4, 0.5) is 5.69 Å². The monoisotopic (exact) mass is 711 g/mol. The maximum Gasteiger partial charge on any atom is 0.261 e. The van der Waals surface area contributed by atoms with Crippen LogP contribution in [0.3, 0.4) is 0 Å². The number of methoxy groups -OCH3 is 1. The van der Waals surface area contributed by atoms with Gasteiger partial charge in [-0.2, -0.15) is 0 Å². The maximum atomic E-state index is 14.5. The summed E-state index contributed by atoms with van der Waals surface area (Å²) < 4.78 is 58.2. The zero-order valence-electron chi connectivity index (χ0n) is 29.5. The molecular formula is C37H49N3O9S. The zero-order valence-corrected chi connectivity index (χ0v) is 30.3. The zero-order chi connectivity index (χ0) is 35.8. The van der Waals surface area contributed by atoms with Crippen molar-refractivity contribution in [3.8, 4) is 23.0 Å². The average molecular weight is 712 g/mol. The molecule has 2 heterocycles. The summed E-state index contributed by atoms with van der Waals surface area (Å²) >= 11 is 0. The molecule has 3 aromatic rings. The first kappa shape index (κ1) is 37.2. The maximum absolute atomic E-state index is 14.5. The van der Waals surface area contributed by atoms with Gasteiger partial charge in [-0.1, -0.05) is 13.0 Å². The van der Waals surface area contributed by atoms with Crippen molar-refractivity contribution in [1.82, 2.24) is 9.80 Å². The molecule has 0 unspecified atom stereocenters. The molecule has 0 saturated carbocycles. The van der Waals surface area contributed by atoms with E-state index in [1.165, 1.54) is 25.3 Å². The Kier molecular flexibility index (Phi) is 12.5. The van der Waals surface area contributed by atoms with Crippen LogP contribution < -0.4 is 23.7 Å². The van der Waals surface area contributed by atoms with E-state index >= 15 is 0 Å². The van der Waals surface area contributed by atoms with E-state index in [4.69, 9.17) is 23.7 Å². The fourth-order valence-corrected chi connectivity index (χ4v) is 7.19. The molecule has 2 N–H and O–H groups in total. The number of aliphatic hydroxyl groups is 1. The summed E-state index contributed by atoms with van der Waals surface area (Å²) in [6, 6.07) is 16.2. The van der Waals surface area contributed by atoms with Gasteiger partial charge in [0.1, 0.15) is 11.5 Å². The normalized spacial score (nSPS) is 20.8. The van der Waals surface area contributed by atoms with E-state index < -0.39 is 16.1 Å². The van der Waals surface area contributed by atoms with E-state index in [2.05, 4.69) is 9.62 Å². The van der Waals surface area contributed by atoms with E-state index in [1.807, 2.05) is 39.1 Å². The molecule has 50 heavy (non-hydrogen) atoms. The topological polar surface area (TPSA) is 136 Å². The first-order chi connectivity index (χ1) is 24.0. The number of amides is 1. The third kappa shape index (κ3) is 9.39. The van der Waals surface area contributed by atoms with Gasteiger partial charge in [-0.05, 0) is 100 Å². The Morgan fingerprint density at radius 1 is 1.02 bits per heavy atom. The number of carbonyl (C=O) groups is 1. The van der Waals surface area contributed by atoms with Crippen molar-refractivity contribution >= 4 is 21.6 Å². The summed E-state index contributed by atoms with van der Waals surface area (Å²) in [5.41, 5.74) is 1.50. The molecule has 0 radical (unpaired) electrons. The van der Waals surface area contributed by atoms with Crippen LogP contribution in [0.15, 0.2) is 65.6 Å². The number of rotatable bonds is 10. The quantitative estimate of drug-likeness (QED) is 0.291. The van der Waals surface area contributed by atoms with Crippen LogP contribution in [0.2, 0.25) is 0 Å². The summed E-state index contributed by atoms with van der Waals surface area (Å²) in [5, 5.41) is 10.3. The molecule has 12 nitrogen and oxygen atoms in total. The summed E-state index contributed by atoms with van der Waals surface area (Å²) in [4.78, 5) is 18.3. The van der Waals surface area contributed by atoms with Gasteiger partial charge >= 0.3 is 0 Å². The van der Waals surface area contributed by atoms with E-state index in [9.17, 15) is 18.3 Å². The van der Waals surface area contributed by atoms with Gasteiger partial charge in [0.2, 0.25) is 6.79 Å². The molecule has 1 amide bonds. The van der Waals surface area contributed by atoms with Gasteiger partial charge in [-0.25, -0.2) is 8.42 Å². The van der Waals surface area contributed by atoms with Gasteiger partial charge in [-0.15, -0.1) is 0 Å². The Balaban J connectivity index is 1.40. The standard InChI is InChI=1S/C37H49N3O9S/c1-25-20-40(26(2)23-41)37(42)32-19-29(38-50(43,44)31-13-11-30(45-5)12-14-31)10-16-33(32)49-27(3)8-6-7-17-46-36(25)22-39(4)21-28-9-15-34-35(18-28)48-24-47-34/h9-16,18-19,25-27,36,38,41H,6-8,17,20-24H2,1-5H3/t25-,26-,27-,36+/m1/s1. The van der Waals surface area contributed by atoms with Crippen LogP contribution in [-0.4, -0.2) is 94.7 Å². The number of aliphatic hydroxyl groups excluding tert-OH is 1. The number of hydrogen-bond donors (Lipinski definition) is 2. The average Bonchev–Trinajstić information content (AvgIpc) is 3.57. The molecule has 272 valence electrons. The van der Waals surface area contributed by atoms with E-state index in [0.717, 1.165) is 36.3 Å². The van der Waals surface area contributed by atoms with Crippen LogP contribution in [0, 0.1) is 5.92 Å². The van der Waals surface area contributed by atoms with Crippen molar-refractivity contribution in [3.63, 3.8) is 0 Å². The SMILES string of the molecule is COc1ccc(S(=O)(=O)Nc2ccc3c(c2)C(=O)N([C@H](C)CO)C[C@@H](C)[C@H](CN(C)Cc2ccc4c(c2)OCO4)OCCCC[C@@H](C)O3)cc1. The molecule has 3 aromatic carbocycles. The number of nitrogens with one attached hydrogen (secondary N) is 1. The minimum Gasteiger partial charge on any atom is -0.497 e. The molecule has 0 saturated heterocycles. The number of carbonyl (C=O) groups excluding carboxylic acids is 1. The van der Waals surface area contributed by atoms with Gasteiger partial charge < -0.3 is 33.7 Å². The Labute approximate surface area is 295 Å². The number of likely N-dealkylation sites (N-methyl/N-ethyl adjacent to an activating group) is 1. The van der Waals surface area contributed by atoms with Crippen molar-refractivity contribution in [2.75, 3.05) is 52.0 Å². The first-order valence-electron chi connectivity index (χ1n) is 17.1. The molecule has 0 bridgehead atoms. The molecule has 0 aromatic heterocycles. The lowest BCUT2D eigenvalue weighted by molar-refractivity contribution is -0.0177. The summed E-state index contributed by atoms with van der Waals surface area (Å²) in [7, 11) is -0.432. The summed E-state index contributed by atoms with van der Waals surface area (Å²) in [6.45, 7) is 7.88. The molecule has 2 aliphatic heterocycles. The van der Waals surface area contributed by atoms with Gasteiger partial charge in [0.25, 0.3) is 15.9 Å². The fraction of sp³-hybridized carbons (Fsp3) is 0.486. The molecule has 0 fully saturated rings. The largest absolute Gasteiger partial charge is 0.497 e. The highest BCUT2D eigenvalue weighted by Crippen LogP contribution is 2.33. The van der Waals surface area contributed by atoms with Gasteiger partial charge in [-0.3, -0.25) is 14.4 Å². The summed E-state index contributed by atoms with van der Waals surface area (Å²) in [5.74, 6) is 1.87. The highest BCUT2D eigenvalue weighted by molar-refractivity contribution is 7.92.